The molecule has 0 unspecified atom stereocenters. The molecule has 21 heavy (non-hydrogen) atoms. The van der Waals surface area contributed by atoms with Crippen molar-refractivity contribution in [2.75, 3.05) is 4.72 Å². The van der Waals surface area contributed by atoms with Gasteiger partial charge in [0.2, 0.25) is 0 Å². The summed E-state index contributed by atoms with van der Waals surface area (Å²) in [6, 6.07) is 1.77. The Balaban J connectivity index is 2.47. The maximum absolute atomic E-state index is 13.8. The number of nitrogens with one attached hydrogen (secondary N) is 1. The molecular weight excluding hydrogens is 318 g/mol. The van der Waals surface area contributed by atoms with Crippen LogP contribution in [0.2, 0.25) is 0 Å². The number of rotatable bonds is 4. The van der Waals surface area contributed by atoms with E-state index in [2.05, 4.69) is 4.72 Å². The monoisotopic (exact) mass is 332 g/mol. The lowest BCUT2D eigenvalue weighted by atomic mass is 10.2. The number of sulfonamides is 1. The van der Waals surface area contributed by atoms with Gasteiger partial charge in [0, 0.05) is 17.5 Å². The van der Waals surface area contributed by atoms with Gasteiger partial charge in [-0.25, -0.2) is 17.2 Å². The summed E-state index contributed by atoms with van der Waals surface area (Å²) < 4.78 is 54.1. The molecular formula is C13H14F2N2O2S2. The quantitative estimate of drug-likeness (QED) is 0.904. The fraction of sp³-hybridized carbons (Fsp3) is 0.231. The Morgan fingerprint density at radius 1 is 1.19 bits per heavy atom. The number of nitrogens with two attached hydrogens (primary N) is 1. The fourth-order valence-corrected chi connectivity index (χ4v) is 4.67. The molecule has 0 spiro atoms. The minimum Gasteiger partial charge on any atom is -0.326 e. The molecule has 8 heteroatoms. The molecule has 0 aliphatic heterocycles. The van der Waals surface area contributed by atoms with E-state index in [4.69, 9.17) is 5.73 Å². The van der Waals surface area contributed by atoms with Crippen LogP contribution in [0.4, 0.5) is 14.5 Å². The molecule has 2 aromatic rings. The Kier molecular flexibility index (Phi) is 4.31. The summed E-state index contributed by atoms with van der Waals surface area (Å²) in [6.07, 6.45) is 0. The van der Waals surface area contributed by atoms with Crippen LogP contribution < -0.4 is 10.5 Å². The molecule has 3 N–H and O–H groups in total. The van der Waals surface area contributed by atoms with Gasteiger partial charge in [-0.05, 0) is 36.4 Å². The van der Waals surface area contributed by atoms with Crippen LogP contribution in [0, 0.1) is 25.5 Å². The molecule has 0 saturated carbocycles. The van der Waals surface area contributed by atoms with Gasteiger partial charge in [-0.1, -0.05) is 0 Å². The molecule has 1 aromatic heterocycles. The molecule has 0 fully saturated rings. The van der Waals surface area contributed by atoms with Crippen LogP contribution in [0.15, 0.2) is 22.4 Å². The Bertz CT molecular complexity index is 786. The first-order chi connectivity index (χ1) is 9.76. The molecule has 0 radical (unpaired) electrons. The minimum atomic E-state index is -4.02. The van der Waals surface area contributed by atoms with Crippen LogP contribution in [0.25, 0.3) is 0 Å². The highest BCUT2D eigenvalue weighted by molar-refractivity contribution is 7.93. The maximum Gasteiger partial charge on any atom is 0.263 e. The van der Waals surface area contributed by atoms with Gasteiger partial charge in [0.05, 0.1) is 5.69 Å². The minimum absolute atomic E-state index is 0.0235. The fourth-order valence-electron chi connectivity index (χ4n) is 1.91. The van der Waals surface area contributed by atoms with Crippen molar-refractivity contribution in [3.05, 3.63) is 45.2 Å². The summed E-state index contributed by atoms with van der Waals surface area (Å²) in [6.45, 7) is 3.07. The molecule has 0 aliphatic carbocycles. The molecule has 4 nitrogen and oxygen atoms in total. The second-order valence-corrected chi connectivity index (χ2v) is 7.15. The zero-order valence-electron chi connectivity index (χ0n) is 11.4. The number of aryl methyl sites for hydroxylation is 2. The summed E-state index contributed by atoms with van der Waals surface area (Å²) in [7, 11) is -4.02. The highest BCUT2D eigenvalue weighted by atomic mass is 32.2. The van der Waals surface area contributed by atoms with Crippen LogP contribution in [-0.2, 0) is 16.6 Å². The summed E-state index contributed by atoms with van der Waals surface area (Å²) in [5.74, 6) is -1.52. The van der Waals surface area contributed by atoms with E-state index in [-0.39, 0.29) is 17.0 Å². The maximum atomic E-state index is 13.8. The SMILES string of the molecule is Cc1cc(F)c(NS(=O)(=O)c2c(C)csc2CN)cc1F. The largest absolute Gasteiger partial charge is 0.326 e. The third-order valence-electron chi connectivity index (χ3n) is 2.94. The average molecular weight is 332 g/mol. The number of halogens is 2. The molecule has 0 bridgehead atoms. The number of benzene rings is 1. The molecule has 1 aromatic carbocycles. The van der Waals surface area contributed by atoms with Crippen LogP contribution in [0.3, 0.4) is 0 Å². The molecule has 0 amide bonds. The highest BCUT2D eigenvalue weighted by Crippen LogP contribution is 2.29. The number of thiophene rings is 1. The van der Waals surface area contributed by atoms with Crippen molar-refractivity contribution < 1.29 is 17.2 Å². The van der Waals surface area contributed by atoms with Crippen molar-refractivity contribution in [2.45, 2.75) is 25.3 Å². The molecule has 1 heterocycles. The Morgan fingerprint density at radius 3 is 2.48 bits per heavy atom. The third-order valence-corrected chi connectivity index (χ3v) is 5.79. The van der Waals surface area contributed by atoms with E-state index in [1.165, 1.54) is 18.3 Å². The summed E-state index contributed by atoms with van der Waals surface area (Å²) in [5, 5.41) is 1.66. The van der Waals surface area contributed by atoms with Crippen molar-refractivity contribution in [2.24, 2.45) is 5.73 Å². The smallest absolute Gasteiger partial charge is 0.263 e. The first-order valence-electron chi connectivity index (χ1n) is 6.01. The Labute approximate surface area is 125 Å². The van der Waals surface area contributed by atoms with Gasteiger partial charge in [0.25, 0.3) is 10.0 Å². The van der Waals surface area contributed by atoms with Crippen molar-refractivity contribution in [1.29, 1.82) is 0 Å². The standard InChI is InChI=1S/C13H14F2N2O2S2/c1-7-3-10(15)11(4-9(7)14)17-21(18,19)13-8(2)6-20-12(13)5-16/h3-4,6,17H,5,16H2,1-2H3. The van der Waals surface area contributed by atoms with Crippen LogP contribution in [0.1, 0.15) is 16.0 Å². The molecule has 0 saturated heterocycles. The lowest BCUT2D eigenvalue weighted by molar-refractivity contribution is 0.590. The van der Waals surface area contributed by atoms with Crippen molar-refractivity contribution >= 4 is 27.0 Å². The van der Waals surface area contributed by atoms with E-state index in [1.54, 1.807) is 12.3 Å². The van der Waals surface area contributed by atoms with Gasteiger partial charge in [0.1, 0.15) is 16.5 Å². The highest BCUT2D eigenvalue weighted by Gasteiger charge is 2.24. The molecule has 0 aliphatic rings. The predicted molar refractivity (Wildman–Crippen MR) is 78.9 cm³/mol. The Morgan fingerprint density at radius 2 is 1.86 bits per heavy atom. The molecule has 2 rings (SSSR count). The van der Waals surface area contributed by atoms with Gasteiger partial charge in [-0.2, -0.15) is 0 Å². The average Bonchev–Trinajstić information content (AvgIpc) is 2.77. The second-order valence-electron chi connectivity index (χ2n) is 4.56. The lowest BCUT2D eigenvalue weighted by Gasteiger charge is -2.11. The van der Waals surface area contributed by atoms with E-state index in [0.717, 1.165) is 12.1 Å². The summed E-state index contributed by atoms with van der Waals surface area (Å²) in [4.78, 5) is 0.489. The lowest BCUT2D eigenvalue weighted by Crippen LogP contribution is -2.17. The van der Waals surface area contributed by atoms with Gasteiger partial charge in [-0.3, -0.25) is 4.72 Å². The van der Waals surface area contributed by atoms with Crippen molar-refractivity contribution in [3.8, 4) is 0 Å². The van der Waals surface area contributed by atoms with Crippen LogP contribution in [0.5, 0.6) is 0 Å². The first-order valence-corrected chi connectivity index (χ1v) is 8.38. The third kappa shape index (κ3) is 3.07. The number of hydrogen-bond donors (Lipinski definition) is 2. The van der Waals surface area contributed by atoms with Gasteiger partial charge < -0.3 is 5.73 Å². The predicted octanol–water partition coefficient (Wildman–Crippen LogP) is 2.90. The van der Waals surface area contributed by atoms with Gasteiger partial charge in [0.15, 0.2) is 0 Å². The normalized spacial score (nSPS) is 11.7. The zero-order valence-corrected chi connectivity index (χ0v) is 13.0. The first kappa shape index (κ1) is 15.9. The Hall–Kier alpha value is -1.51. The number of hydrogen-bond acceptors (Lipinski definition) is 4. The summed E-state index contributed by atoms with van der Waals surface area (Å²) >= 11 is 1.21. The van der Waals surface area contributed by atoms with E-state index >= 15 is 0 Å². The van der Waals surface area contributed by atoms with Crippen molar-refractivity contribution in [3.63, 3.8) is 0 Å². The number of anilines is 1. The zero-order chi connectivity index (χ0) is 15.8. The van der Waals surface area contributed by atoms with Gasteiger partial charge >= 0.3 is 0 Å². The van der Waals surface area contributed by atoms with Crippen LogP contribution in [-0.4, -0.2) is 8.42 Å². The topological polar surface area (TPSA) is 72.2 Å². The van der Waals surface area contributed by atoms with Crippen LogP contribution >= 0.6 is 11.3 Å². The summed E-state index contributed by atoms with van der Waals surface area (Å²) in [5.41, 5.74) is 5.70. The van der Waals surface area contributed by atoms with Gasteiger partial charge in [-0.15, -0.1) is 11.3 Å². The molecule has 114 valence electrons. The van der Waals surface area contributed by atoms with E-state index in [1.807, 2.05) is 0 Å². The van der Waals surface area contributed by atoms with E-state index in [0.29, 0.717) is 10.4 Å². The van der Waals surface area contributed by atoms with E-state index < -0.39 is 27.3 Å². The van der Waals surface area contributed by atoms with E-state index in [9.17, 15) is 17.2 Å². The van der Waals surface area contributed by atoms with Crippen molar-refractivity contribution in [1.82, 2.24) is 0 Å². The second kappa shape index (κ2) is 5.70. The molecule has 0 atom stereocenters.